The van der Waals surface area contributed by atoms with E-state index >= 15 is 0 Å². The fraction of sp³-hybridized carbons (Fsp3) is 0.500. The summed E-state index contributed by atoms with van der Waals surface area (Å²) in [4.78, 5) is 21.6. The van der Waals surface area contributed by atoms with Gasteiger partial charge in [-0.1, -0.05) is 25.5 Å². The Morgan fingerprint density at radius 1 is 1.43 bits per heavy atom. The van der Waals surface area contributed by atoms with E-state index in [0.717, 1.165) is 23.9 Å². The molecule has 3 rings (SSSR count). The standard InChI is InChI=1S/C16H21N3O2/c1-3-7-16(21)9-19(10-16)8-13-17-14-11(2)5-4-6-12(14)15(20)18-13/h4-6,21H,3,7-10H2,1-2H3,(H,17,18,20). The van der Waals surface area contributed by atoms with E-state index in [1.54, 1.807) is 6.07 Å². The molecule has 1 fully saturated rings. The number of benzene rings is 1. The largest absolute Gasteiger partial charge is 0.387 e. The van der Waals surface area contributed by atoms with E-state index < -0.39 is 5.60 Å². The Labute approximate surface area is 123 Å². The first-order chi connectivity index (χ1) is 10.0. The Kier molecular flexibility index (Phi) is 3.55. The molecule has 5 heteroatoms. The molecule has 112 valence electrons. The molecule has 0 aliphatic carbocycles. The van der Waals surface area contributed by atoms with Crippen molar-refractivity contribution >= 4 is 10.9 Å². The number of nitrogens with zero attached hydrogens (tertiary/aromatic N) is 2. The third-order valence-electron chi connectivity index (χ3n) is 4.11. The molecule has 1 aliphatic rings. The Morgan fingerprint density at radius 2 is 2.19 bits per heavy atom. The number of rotatable bonds is 4. The first-order valence-corrected chi connectivity index (χ1v) is 7.44. The number of para-hydroxylation sites is 1. The molecule has 0 atom stereocenters. The highest BCUT2D eigenvalue weighted by molar-refractivity contribution is 5.80. The van der Waals surface area contributed by atoms with Gasteiger partial charge >= 0.3 is 0 Å². The molecule has 0 spiro atoms. The molecule has 2 N–H and O–H groups in total. The second-order valence-corrected chi connectivity index (χ2v) is 6.10. The molecule has 21 heavy (non-hydrogen) atoms. The van der Waals surface area contributed by atoms with Crippen molar-refractivity contribution in [3.05, 3.63) is 39.9 Å². The van der Waals surface area contributed by atoms with Crippen molar-refractivity contribution in [1.29, 1.82) is 0 Å². The van der Waals surface area contributed by atoms with E-state index in [-0.39, 0.29) is 5.56 Å². The fourth-order valence-corrected chi connectivity index (χ4v) is 3.16. The molecule has 0 saturated carbocycles. The normalized spacial score (nSPS) is 17.9. The number of nitrogens with one attached hydrogen (secondary N) is 1. The van der Waals surface area contributed by atoms with Crippen molar-refractivity contribution in [3.8, 4) is 0 Å². The Bertz CT molecular complexity index is 717. The lowest BCUT2D eigenvalue weighted by Crippen LogP contribution is -2.61. The number of fused-ring (bicyclic) bond motifs is 1. The third-order valence-corrected chi connectivity index (χ3v) is 4.11. The molecule has 1 saturated heterocycles. The lowest BCUT2D eigenvalue weighted by atomic mass is 9.89. The molecule has 1 aliphatic heterocycles. The smallest absolute Gasteiger partial charge is 0.258 e. The highest BCUT2D eigenvalue weighted by Crippen LogP contribution is 2.26. The molecule has 1 aromatic heterocycles. The highest BCUT2D eigenvalue weighted by atomic mass is 16.3. The molecule has 5 nitrogen and oxygen atoms in total. The molecular formula is C16H21N3O2. The summed E-state index contributed by atoms with van der Waals surface area (Å²) in [5, 5.41) is 10.8. The third kappa shape index (κ3) is 2.71. The Balaban J connectivity index is 1.80. The van der Waals surface area contributed by atoms with Gasteiger partial charge in [-0.15, -0.1) is 0 Å². The van der Waals surface area contributed by atoms with Crippen LogP contribution in [0.4, 0.5) is 0 Å². The van der Waals surface area contributed by atoms with Crippen LogP contribution in [-0.2, 0) is 6.54 Å². The monoisotopic (exact) mass is 287 g/mol. The van der Waals surface area contributed by atoms with E-state index in [0.29, 0.717) is 30.8 Å². The van der Waals surface area contributed by atoms with Gasteiger partial charge in [0.1, 0.15) is 5.82 Å². The van der Waals surface area contributed by atoms with Crippen molar-refractivity contribution in [3.63, 3.8) is 0 Å². The predicted molar refractivity (Wildman–Crippen MR) is 82.2 cm³/mol. The summed E-state index contributed by atoms with van der Waals surface area (Å²) in [6, 6.07) is 5.62. The molecule has 0 bridgehead atoms. The lowest BCUT2D eigenvalue weighted by Gasteiger charge is -2.46. The van der Waals surface area contributed by atoms with Crippen LogP contribution in [0.15, 0.2) is 23.0 Å². The van der Waals surface area contributed by atoms with Crippen LogP contribution in [0.1, 0.15) is 31.2 Å². The van der Waals surface area contributed by atoms with Crippen LogP contribution in [0.5, 0.6) is 0 Å². The first-order valence-electron chi connectivity index (χ1n) is 7.44. The zero-order chi connectivity index (χ0) is 15.0. The predicted octanol–water partition coefficient (Wildman–Crippen LogP) is 1.58. The van der Waals surface area contributed by atoms with Gasteiger partial charge < -0.3 is 10.1 Å². The SMILES string of the molecule is CCCC1(O)CN(Cc2nc3c(C)cccc3c(=O)[nH]2)C1. The van der Waals surface area contributed by atoms with Crippen molar-refractivity contribution in [2.24, 2.45) is 0 Å². The van der Waals surface area contributed by atoms with Crippen LogP contribution >= 0.6 is 0 Å². The number of aromatic amines is 1. The van der Waals surface area contributed by atoms with Crippen LogP contribution in [-0.4, -0.2) is 38.7 Å². The maximum absolute atomic E-state index is 12.1. The van der Waals surface area contributed by atoms with E-state index in [2.05, 4.69) is 21.8 Å². The molecule has 0 unspecified atom stereocenters. The van der Waals surface area contributed by atoms with Crippen LogP contribution in [0.25, 0.3) is 10.9 Å². The number of hydrogen-bond acceptors (Lipinski definition) is 4. The maximum Gasteiger partial charge on any atom is 0.258 e. The molecule has 0 amide bonds. The lowest BCUT2D eigenvalue weighted by molar-refractivity contribution is -0.107. The topological polar surface area (TPSA) is 69.2 Å². The summed E-state index contributed by atoms with van der Waals surface area (Å²) in [6.45, 7) is 5.91. The van der Waals surface area contributed by atoms with Crippen molar-refractivity contribution in [2.45, 2.75) is 38.8 Å². The van der Waals surface area contributed by atoms with Gasteiger partial charge in [0.2, 0.25) is 0 Å². The van der Waals surface area contributed by atoms with E-state index in [1.165, 1.54) is 0 Å². The van der Waals surface area contributed by atoms with Crippen molar-refractivity contribution < 1.29 is 5.11 Å². The van der Waals surface area contributed by atoms with Gasteiger partial charge in [0.25, 0.3) is 5.56 Å². The highest BCUT2D eigenvalue weighted by Gasteiger charge is 2.40. The summed E-state index contributed by atoms with van der Waals surface area (Å²) >= 11 is 0. The minimum atomic E-state index is -0.554. The average molecular weight is 287 g/mol. The zero-order valence-corrected chi connectivity index (χ0v) is 12.5. The Morgan fingerprint density at radius 3 is 2.90 bits per heavy atom. The number of aliphatic hydroxyl groups is 1. The summed E-state index contributed by atoms with van der Waals surface area (Å²) < 4.78 is 0. The van der Waals surface area contributed by atoms with Crippen LogP contribution in [0.2, 0.25) is 0 Å². The van der Waals surface area contributed by atoms with E-state index in [4.69, 9.17) is 0 Å². The van der Waals surface area contributed by atoms with Crippen LogP contribution in [0.3, 0.4) is 0 Å². The van der Waals surface area contributed by atoms with Gasteiger partial charge in [-0.25, -0.2) is 4.98 Å². The first kappa shape index (κ1) is 14.2. The maximum atomic E-state index is 12.1. The summed E-state index contributed by atoms with van der Waals surface area (Å²) in [7, 11) is 0. The summed E-state index contributed by atoms with van der Waals surface area (Å²) in [6.07, 6.45) is 1.80. The van der Waals surface area contributed by atoms with Crippen molar-refractivity contribution in [2.75, 3.05) is 13.1 Å². The van der Waals surface area contributed by atoms with Crippen molar-refractivity contribution in [1.82, 2.24) is 14.9 Å². The number of hydrogen-bond donors (Lipinski definition) is 2. The Hall–Kier alpha value is -1.72. The summed E-state index contributed by atoms with van der Waals surface area (Å²) in [5.41, 5.74) is 1.12. The van der Waals surface area contributed by atoms with Gasteiger partial charge in [-0.3, -0.25) is 9.69 Å². The number of aromatic nitrogens is 2. The van der Waals surface area contributed by atoms with Gasteiger partial charge in [-0.05, 0) is 25.0 Å². The number of aryl methyl sites for hydroxylation is 1. The van der Waals surface area contributed by atoms with Gasteiger partial charge in [0.15, 0.2) is 0 Å². The van der Waals surface area contributed by atoms with Crippen LogP contribution in [0, 0.1) is 6.92 Å². The average Bonchev–Trinajstić information content (AvgIpc) is 2.39. The zero-order valence-electron chi connectivity index (χ0n) is 12.5. The minimum Gasteiger partial charge on any atom is -0.387 e. The molecule has 1 aromatic carbocycles. The fourth-order valence-electron chi connectivity index (χ4n) is 3.16. The molecule has 2 heterocycles. The minimum absolute atomic E-state index is 0.0944. The molecule has 2 aromatic rings. The molecule has 0 radical (unpaired) electrons. The molecular weight excluding hydrogens is 266 g/mol. The van der Waals surface area contributed by atoms with Gasteiger partial charge in [0, 0.05) is 13.1 Å². The quantitative estimate of drug-likeness (QED) is 0.896. The second-order valence-electron chi connectivity index (χ2n) is 6.10. The van der Waals surface area contributed by atoms with E-state index in [9.17, 15) is 9.90 Å². The van der Waals surface area contributed by atoms with Gasteiger partial charge in [-0.2, -0.15) is 0 Å². The summed E-state index contributed by atoms with van der Waals surface area (Å²) in [5.74, 6) is 0.667. The number of β-amino-alcohol motifs (C(OH)–C–C–N with tert-alkyl or cyclic N) is 1. The van der Waals surface area contributed by atoms with Crippen LogP contribution < -0.4 is 5.56 Å². The van der Waals surface area contributed by atoms with E-state index in [1.807, 2.05) is 19.1 Å². The number of H-pyrrole nitrogens is 1. The second kappa shape index (κ2) is 5.24. The number of likely N-dealkylation sites (tertiary alicyclic amines) is 1. The van der Waals surface area contributed by atoms with Gasteiger partial charge in [0.05, 0.1) is 23.0 Å².